The molecule has 0 bridgehead atoms. The van der Waals surface area contributed by atoms with Crippen LogP contribution in [0, 0.1) is 0 Å². The maximum Gasteiger partial charge on any atom is 0.408 e. The third kappa shape index (κ3) is 6.49. The second-order valence-corrected chi connectivity index (χ2v) is 7.16. The van der Waals surface area contributed by atoms with E-state index in [1.165, 1.54) is 24.7 Å². The van der Waals surface area contributed by atoms with Crippen LogP contribution >= 0.6 is 0 Å². The summed E-state index contributed by atoms with van der Waals surface area (Å²) < 4.78 is 10.4. The Hall–Kier alpha value is -2.12. The van der Waals surface area contributed by atoms with Gasteiger partial charge in [0, 0.05) is 33.2 Å². The minimum Gasteiger partial charge on any atom is -0.465 e. The lowest BCUT2D eigenvalue weighted by atomic mass is 9.93. The summed E-state index contributed by atoms with van der Waals surface area (Å²) in [5.74, 6) is -0.210. The summed E-state index contributed by atoms with van der Waals surface area (Å²) in [5.41, 5.74) is 1.28. The number of rotatable bonds is 10. The number of amides is 2. The molecule has 1 aliphatic rings. The predicted octanol–water partition coefficient (Wildman–Crippen LogP) is 3.04. The fourth-order valence-corrected chi connectivity index (χ4v) is 3.80. The number of aryl methyl sites for hydroxylation is 1. The van der Waals surface area contributed by atoms with Gasteiger partial charge in [0.1, 0.15) is 6.04 Å². The van der Waals surface area contributed by atoms with Crippen LogP contribution in [0.25, 0.3) is 0 Å². The van der Waals surface area contributed by atoms with Crippen LogP contribution in [0.1, 0.15) is 44.1 Å². The van der Waals surface area contributed by atoms with Crippen molar-refractivity contribution in [2.45, 2.75) is 63.3 Å². The van der Waals surface area contributed by atoms with Gasteiger partial charge in [0.2, 0.25) is 5.91 Å². The molecule has 2 rings (SSSR count). The monoisotopic (exact) mass is 392 g/mol. The first-order valence-corrected chi connectivity index (χ1v) is 9.95. The molecule has 28 heavy (non-hydrogen) atoms. The van der Waals surface area contributed by atoms with E-state index in [-0.39, 0.29) is 11.9 Å². The second-order valence-electron chi connectivity index (χ2n) is 7.16. The zero-order valence-corrected chi connectivity index (χ0v) is 16.8. The third-order valence-corrected chi connectivity index (χ3v) is 5.29. The van der Waals surface area contributed by atoms with Gasteiger partial charge < -0.3 is 19.9 Å². The van der Waals surface area contributed by atoms with E-state index in [0.29, 0.717) is 25.8 Å². The van der Waals surface area contributed by atoms with Crippen molar-refractivity contribution >= 4 is 12.0 Å². The van der Waals surface area contributed by atoms with Crippen LogP contribution in [-0.2, 0) is 20.7 Å². The molecule has 1 aromatic carbocycles. The quantitative estimate of drug-likeness (QED) is 0.472. The molecule has 0 aromatic heterocycles. The van der Waals surface area contributed by atoms with Crippen LogP contribution in [0.15, 0.2) is 30.3 Å². The fourth-order valence-electron chi connectivity index (χ4n) is 3.80. The van der Waals surface area contributed by atoms with Crippen LogP contribution in [0.4, 0.5) is 4.79 Å². The molecule has 2 unspecified atom stereocenters. The summed E-state index contributed by atoms with van der Waals surface area (Å²) in [7, 11) is 3.06. The van der Waals surface area contributed by atoms with Gasteiger partial charge in [-0.05, 0) is 44.1 Å². The Labute approximate surface area is 167 Å². The average Bonchev–Trinajstić information content (AvgIpc) is 2.71. The molecule has 2 atom stereocenters. The lowest BCUT2D eigenvalue weighted by molar-refractivity contribution is -0.134. The summed E-state index contributed by atoms with van der Waals surface area (Å²) in [6, 6.07) is 9.29. The molecule has 1 saturated heterocycles. The Kier molecular flexibility index (Phi) is 9.23. The summed E-state index contributed by atoms with van der Waals surface area (Å²) in [4.78, 5) is 25.8. The number of methoxy groups -OCH3 is 2. The van der Waals surface area contributed by atoms with E-state index in [2.05, 4.69) is 17.4 Å². The number of carbonyl (C=O) groups excluding carboxylic acids is 1. The van der Waals surface area contributed by atoms with Crippen LogP contribution in [-0.4, -0.2) is 61.1 Å². The number of nitrogens with zero attached hydrogens (tertiary/aromatic N) is 1. The normalized spacial score (nSPS) is 19.6. The topological polar surface area (TPSA) is 88.1 Å². The van der Waals surface area contributed by atoms with Crippen molar-refractivity contribution in [3.05, 3.63) is 35.9 Å². The lowest BCUT2D eigenvalue weighted by Crippen LogP contribution is -2.56. The summed E-state index contributed by atoms with van der Waals surface area (Å²) in [6.07, 6.45) is 3.73. The van der Waals surface area contributed by atoms with Gasteiger partial charge in [0.15, 0.2) is 6.29 Å². The molecule has 156 valence electrons. The molecular weight excluding hydrogens is 360 g/mol. The Balaban J connectivity index is 1.83. The molecule has 1 fully saturated rings. The Morgan fingerprint density at radius 2 is 1.89 bits per heavy atom. The second kappa shape index (κ2) is 11.7. The van der Waals surface area contributed by atoms with Gasteiger partial charge in [-0.2, -0.15) is 0 Å². The lowest BCUT2D eigenvalue weighted by Gasteiger charge is -2.40. The molecule has 2 N–H and O–H groups in total. The van der Waals surface area contributed by atoms with E-state index >= 15 is 0 Å². The maximum absolute atomic E-state index is 12.6. The number of carbonyl (C=O) groups is 2. The highest BCUT2D eigenvalue weighted by molar-refractivity contribution is 5.85. The Morgan fingerprint density at radius 3 is 2.54 bits per heavy atom. The van der Waals surface area contributed by atoms with Crippen molar-refractivity contribution in [2.24, 2.45) is 0 Å². The molecule has 1 aromatic rings. The SMILES string of the molecule is COC(CC1CCCC(C(=O)NCCCCc2ccccc2)N1C(=O)O)OC. The molecule has 7 heteroatoms. The van der Waals surface area contributed by atoms with Crippen molar-refractivity contribution in [1.82, 2.24) is 10.2 Å². The zero-order valence-electron chi connectivity index (χ0n) is 16.8. The third-order valence-electron chi connectivity index (χ3n) is 5.29. The van der Waals surface area contributed by atoms with Crippen molar-refractivity contribution < 1.29 is 24.2 Å². The van der Waals surface area contributed by atoms with Gasteiger partial charge in [-0.3, -0.25) is 9.69 Å². The fraction of sp³-hybridized carbons (Fsp3) is 0.619. The van der Waals surface area contributed by atoms with Gasteiger partial charge in [0.25, 0.3) is 0 Å². The first-order valence-electron chi connectivity index (χ1n) is 9.95. The molecule has 1 aliphatic heterocycles. The van der Waals surface area contributed by atoms with Gasteiger partial charge in [0.05, 0.1) is 0 Å². The van der Waals surface area contributed by atoms with E-state index in [1.807, 2.05) is 18.2 Å². The molecule has 0 aliphatic carbocycles. The minimum atomic E-state index is -1.07. The van der Waals surface area contributed by atoms with Crippen molar-refractivity contribution in [2.75, 3.05) is 20.8 Å². The van der Waals surface area contributed by atoms with Crippen LogP contribution in [0.2, 0.25) is 0 Å². The maximum atomic E-state index is 12.6. The standard InChI is InChI=1S/C21H32N2O5/c1-27-19(28-2)15-17-12-8-13-18(23(17)21(25)26)20(24)22-14-7-6-11-16-9-4-3-5-10-16/h3-5,9-10,17-19H,6-8,11-15H2,1-2H3,(H,22,24)(H,25,26). The Morgan fingerprint density at radius 1 is 1.18 bits per heavy atom. The highest BCUT2D eigenvalue weighted by Crippen LogP contribution is 2.27. The van der Waals surface area contributed by atoms with Gasteiger partial charge in [-0.1, -0.05) is 30.3 Å². The highest BCUT2D eigenvalue weighted by Gasteiger charge is 2.39. The molecule has 1 heterocycles. The van der Waals surface area contributed by atoms with E-state index in [1.54, 1.807) is 0 Å². The first-order chi connectivity index (χ1) is 13.6. The molecule has 7 nitrogen and oxygen atoms in total. The van der Waals surface area contributed by atoms with E-state index in [4.69, 9.17) is 9.47 Å². The molecule has 0 radical (unpaired) electrons. The zero-order chi connectivity index (χ0) is 20.4. The number of nitrogens with one attached hydrogen (secondary N) is 1. The smallest absolute Gasteiger partial charge is 0.408 e. The van der Waals surface area contributed by atoms with Crippen molar-refractivity contribution in [3.8, 4) is 0 Å². The molecule has 0 spiro atoms. The van der Waals surface area contributed by atoms with E-state index in [0.717, 1.165) is 25.7 Å². The van der Waals surface area contributed by atoms with Crippen LogP contribution in [0.5, 0.6) is 0 Å². The summed E-state index contributed by atoms with van der Waals surface area (Å²) >= 11 is 0. The van der Waals surface area contributed by atoms with E-state index < -0.39 is 18.4 Å². The highest BCUT2D eigenvalue weighted by atomic mass is 16.7. The van der Waals surface area contributed by atoms with E-state index in [9.17, 15) is 14.7 Å². The predicted molar refractivity (Wildman–Crippen MR) is 106 cm³/mol. The minimum absolute atomic E-state index is 0.210. The van der Waals surface area contributed by atoms with Gasteiger partial charge in [-0.25, -0.2) is 4.79 Å². The van der Waals surface area contributed by atoms with Crippen LogP contribution in [0.3, 0.4) is 0 Å². The van der Waals surface area contributed by atoms with Crippen LogP contribution < -0.4 is 5.32 Å². The van der Waals surface area contributed by atoms with Crippen molar-refractivity contribution in [3.63, 3.8) is 0 Å². The summed E-state index contributed by atoms with van der Waals surface area (Å²) in [6.45, 7) is 0.555. The average molecular weight is 392 g/mol. The number of carboxylic acid groups (broad SMARTS) is 1. The number of hydrogen-bond donors (Lipinski definition) is 2. The van der Waals surface area contributed by atoms with Crippen molar-refractivity contribution in [1.29, 1.82) is 0 Å². The molecular formula is C21H32N2O5. The number of likely N-dealkylation sites (tertiary alicyclic amines) is 1. The first kappa shape index (κ1) is 22.2. The Bertz CT molecular complexity index is 606. The van der Waals surface area contributed by atoms with Gasteiger partial charge >= 0.3 is 6.09 Å². The molecule has 0 saturated carbocycles. The number of hydrogen-bond acceptors (Lipinski definition) is 4. The molecule has 2 amide bonds. The summed E-state index contributed by atoms with van der Waals surface area (Å²) in [5, 5.41) is 12.6. The largest absolute Gasteiger partial charge is 0.465 e. The number of piperidine rings is 1. The number of ether oxygens (including phenoxy) is 2. The van der Waals surface area contributed by atoms with Gasteiger partial charge in [-0.15, -0.1) is 0 Å². The number of unbranched alkanes of at least 4 members (excludes halogenated alkanes) is 1. The number of benzene rings is 1.